The Hall–Kier alpha value is -3.48. The minimum absolute atomic E-state index is 0.185. The van der Waals surface area contributed by atoms with Crippen LogP contribution in [0.25, 0.3) is 0 Å². The molecule has 0 saturated heterocycles. The van der Waals surface area contributed by atoms with Gasteiger partial charge >= 0.3 is 5.97 Å². The SMILES string of the molecule is O=C(O)C1CNC(c2ccc(CN3C(=O)c4ccccc4C3=O)cc2)=N1. The number of hydrogen-bond donors (Lipinski definition) is 2. The molecule has 7 nitrogen and oxygen atoms in total. The first kappa shape index (κ1) is 16.0. The molecule has 2 N–H and O–H groups in total. The average molecular weight is 349 g/mol. The Morgan fingerprint density at radius 1 is 1.08 bits per heavy atom. The lowest BCUT2D eigenvalue weighted by atomic mass is 10.1. The lowest BCUT2D eigenvalue weighted by Gasteiger charge is -2.14. The van der Waals surface area contributed by atoms with E-state index in [4.69, 9.17) is 5.11 Å². The summed E-state index contributed by atoms with van der Waals surface area (Å²) >= 11 is 0. The van der Waals surface area contributed by atoms with Crippen LogP contribution in [0.15, 0.2) is 53.5 Å². The van der Waals surface area contributed by atoms with E-state index in [-0.39, 0.29) is 24.9 Å². The summed E-state index contributed by atoms with van der Waals surface area (Å²) in [6, 6.07) is 13.2. The van der Waals surface area contributed by atoms with Crippen LogP contribution < -0.4 is 5.32 Å². The highest BCUT2D eigenvalue weighted by Crippen LogP contribution is 2.24. The van der Waals surface area contributed by atoms with Gasteiger partial charge in [0, 0.05) is 12.1 Å². The number of carbonyl (C=O) groups excluding carboxylic acids is 2. The average Bonchev–Trinajstić information content (AvgIpc) is 3.23. The summed E-state index contributed by atoms with van der Waals surface area (Å²) in [5, 5.41) is 12.0. The molecule has 0 aliphatic carbocycles. The van der Waals surface area contributed by atoms with Gasteiger partial charge in [-0.3, -0.25) is 19.5 Å². The Morgan fingerprint density at radius 2 is 1.69 bits per heavy atom. The standard InChI is InChI=1S/C19H15N3O4/c23-17-13-3-1-2-4-14(13)18(24)22(17)10-11-5-7-12(8-6-11)16-20-9-15(21-16)19(25)26/h1-8,15H,9-10H2,(H,20,21)(H,25,26). The van der Waals surface area contributed by atoms with Crippen LogP contribution in [-0.4, -0.2) is 46.2 Å². The Labute approximate surface area is 149 Å². The highest BCUT2D eigenvalue weighted by Gasteiger charge is 2.34. The van der Waals surface area contributed by atoms with Gasteiger partial charge in [0.2, 0.25) is 0 Å². The molecule has 2 aliphatic heterocycles. The van der Waals surface area contributed by atoms with Gasteiger partial charge < -0.3 is 10.4 Å². The van der Waals surface area contributed by atoms with Gasteiger partial charge in [-0.25, -0.2) is 4.79 Å². The zero-order chi connectivity index (χ0) is 18.3. The molecule has 2 amide bonds. The fourth-order valence-electron chi connectivity index (χ4n) is 3.09. The van der Waals surface area contributed by atoms with Crippen LogP contribution in [0.2, 0.25) is 0 Å². The van der Waals surface area contributed by atoms with Gasteiger partial charge in [-0.2, -0.15) is 0 Å². The van der Waals surface area contributed by atoms with Crippen molar-refractivity contribution in [1.82, 2.24) is 10.2 Å². The van der Waals surface area contributed by atoms with Gasteiger partial charge in [0.15, 0.2) is 6.04 Å². The fraction of sp³-hybridized carbons (Fsp3) is 0.158. The molecule has 130 valence electrons. The molecule has 26 heavy (non-hydrogen) atoms. The third-order valence-electron chi connectivity index (χ3n) is 4.48. The van der Waals surface area contributed by atoms with E-state index in [0.29, 0.717) is 17.0 Å². The van der Waals surface area contributed by atoms with E-state index in [2.05, 4.69) is 10.3 Å². The maximum atomic E-state index is 12.4. The molecule has 2 aromatic rings. The van der Waals surface area contributed by atoms with E-state index in [1.807, 2.05) is 0 Å². The third kappa shape index (κ3) is 2.63. The molecular formula is C19H15N3O4. The third-order valence-corrected chi connectivity index (χ3v) is 4.48. The second-order valence-corrected chi connectivity index (χ2v) is 6.15. The van der Waals surface area contributed by atoms with Crippen LogP contribution in [0.3, 0.4) is 0 Å². The topological polar surface area (TPSA) is 99.1 Å². The molecule has 0 bridgehead atoms. The molecule has 2 aromatic carbocycles. The van der Waals surface area contributed by atoms with Crippen molar-refractivity contribution in [3.8, 4) is 0 Å². The number of carboxylic acids is 1. The van der Waals surface area contributed by atoms with E-state index in [0.717, 1.165) is 11.1 Å². The summed E-state index contributed by atoms with van der Waals surface area (Å²) in [4.78, 5) is 41.1. The van der Waals surface area contributed by atoms with Crippen LogP contribution in [0.4, 0.5) is 0 Å². The largest absolute Gasteiger partial charge is 0.480 e. The van der Waals surface area contributed by atoms with Gasteiger partial charge in [-0.05, 0) is 17.7 Å². The zero-order valence-corrected chi connectivity index (χ0v) is 13.7. The van der Waals surface area contributed by atoms with Gasteiger partial charge in [0.1, 0.15) is 5.84 Å². The highest BCUT2D eigenvalue weighted by molar-refractivity contribution is 6.21. The van der Waals surface area contributed by atoms with Crippen molar-refractivity contribution in [2.75, 3.05) is 6.54 Å². The van der Waals surface area contributed by atoms with Gasteiger partial charge in [-0.15, -0.1) is 0 Å². The van der Waals surface area contributed by atoms with Crippen molar-refractivity contribution < 1.29 is 19.5 Å². The highest BCUT2D eigenvalue weighted by atomic mass is 16.4. The van der Waals surface area contributed by atoms with Crippen LogP contribution in [0, 0.1) is 0 Å². The van der Waals surface area contributed by atoms with Crippen molar-refractivity contribution in [1.29, 1.82) is 0 Å². The normalized spacial score (nSPS) is 18.5. The molecule has 0 saturated carbocycles. The molecule has 2 heterocycles. The van der Waals surface area contributed by atoms with Gasteiger partial charge in [0.05, 0.1) is 17.7 Å². The second kappa shape index (κ2) is 6.11. The summed E-state index contributed by atoms with van der Waals surface area (Å²) in [6.07, 6.45) is 0. The number of carboxylic acid groups (broad SMARTS) is 1. The number of nitrogens with one attached hydrogen (secondary N) is 1. The smallest absolute Gasteiger partial charge is 0.330 e. The lowest BCUT2D eigenvalue weighted by molar-refractivity contribution is -0.138. The number of fused-ring (bicyclic) bond motifs is 1. The number of amidine groups is 1. The molecule has 1 atom stereocenters. The number of aliphatic imine (C=N–C) groups is 1. The van der Waals surface area contributed by atoms with Crippen molar-refractivity contribution in [3.05, 3.63) is 70.8 Å². The molecule has 0 radical (unpaired) electrons. The number of amides is 2. The first-order valence-electron chi connectivity index (χ1n) is 8.13. The summed E-state index contributed by atoms with van der Waals surface area (Å²) in [5.41, 5.74) is 2.42. The minimum Gasteiger partial charge on any atom is -0.480 e. The zero-order valence-electron chi connectivity index (χ0n) is 13.7. The monoisotopic (exact) mass is 349 g/mol. The number of imide groups is 1. The van der Waals surface area contributed by atoms with Crippen LogP contribution >= 0.6 is 0 Å². The summed E-state index contributed by atoms with van der Waals surface area (Å²) in [5.74, 6) is -1.01. The predicted molar refractivity (Wildman–Crippen MR) is 93.1 cm³/mol. The van der Waals surface area contributed by atoms with E-state index in [9.17, 15) is 14.4 Å². The first-order chi connectivity index (χ1) is 12.5. The van der Waals surface area contributed by atoms with Crippen LogP contribution in [0.5, 0.6) is 0 Å². The predicted octanol–water partition coefficient (Wildman–Crippen LogP) is 1.29. The Morgan fingerprint density at radius 3 is 2.23 bits per heavy atom. The number of benzene rings is 2. The van der Waals surface area contributed by atoms with Crippen molar-refractivity contribution in [2.45, 2.75) is 12.6 Å². The number of aliphatic carboxylic acids is 1. The lowest BCUT2D eigenvalue weighted by Crippen LogP contribution is -2.29. The quantitative estimate of drug-likeness (QED) is 0.810. The molecule has 4 rings (SSSR count). The van der Waals surface area contributed by atoms with E-state index in [1.165, 1.54) is 4.90 Å². The molecule has 0 spiro atoms. The van der Waals surface area contributed by atoms with Crippen molar-refractivity contribution >= 4 is 23.6 Å². The van der Waals surface area contributed by atoms with Crippen LogP contribution in [0.1, 0.15) is 31.8 Å². The maximum Gasteiger partial charge on any atom is 0.330 e. The van der Waals surface area contributed by atoms with E-state index in [1.54, 1.807) is 48.5 Å². The summed E-state index contributed by atoms with van der Waals surface area (Å²) in [7, 11) is 0. The molecular weight excluding hydrogens is 334 g/mol. The van der Waals surface area contributed by atoms with Crippen molar-refractivity contribution in [2.24, 2.45) is 4.99 Å². The summed E-state index contributed by atoms with van der Waals surface area (Å²) < 4.78 is 0. The maximum absolute atomic E-state index is 12.4. The van der Waals surface area contributed by atoms with Crippen molar-refractivity contribution in [3.63, 3.8) is 0 Å². The Kier molecular flexibility index (Phi) is 3.76. The number of nitrogens with zero attached hydrogens (tertiary/aromatic N) is 2. The number of rotatable bonds is 4. The fourth-order valence-corrected chi connectivity index (χ4v) is 3.09. The van der Waals surface area contributed by atoms with E-state index < -0.39 is 12.0 Å². The molecule has 0 fully saturated rings. The molecule has 2 aliphatic rings. The Bertz CT molecular complexity index is 915. The van der Waals surface area contributed by atoms with E-state index >= 15 is 0 Å². The minimum atomic E-state index is -0.963. The van der Waals surface area contributed by atoms with Gasteiger partial charge in [0.25, 0.3) is 11.8 Å². The summed E-state index contributed by atoms with van der Waals surface area (Å²) in [6.45, 7) is 0.450. The number of hydrogen-bond acceptors (Lipinski definition) is 5. The van der Waals surface area contributed by atoms with Crippen LogP contribution in [-0.2, 0) is 11.3 Å². The second-order valence-electron chi connectivity index (χ2n) is 6.15. The molecule has 7 heteroatoms. The molecule has 1 unspecified atom stereocenters. The van der Waals surface area contributed by atoms with Gasteiger partial charge in [-0.1, -0.05) is 36.4 Å². The molecule has 0 aromatic heterocycles. The number of carbonyl (C=O) groups is 3. The Balaban J connectivity index is 1.51. The first-order valence-corrected chi connectivity index (χ1v) is 8.13.